The molecular weight excluding hydrogens is 444 g/mol. The zero-order valence-electron chi connectivity index (χ0n) is 20.0. The molecule has 34 heavy (non-hydrogen) atoms. The van der Waals surface area contributed by atoms with Gasteiger partial charge in [0.15, 0.2) is 16.7 Å². The van der Waals surface area contributed by atoms with E-state index in [-0.39, 0.29) is 11.7 Å². The molecule has 1 aliphatic heterocycles. The van der Waals surface area contributed by atoms with E-state index in [0.717, 1.165) is 33.6 Å². The zero-order chi connectivity index (χ0) is 24.4. The first kappa shape index (κ1) is 23.6. The predicted octanol–water partition coefficient (Wildman–Crippen LogP) is 6.83. The maximum Gasteiger partial charge on any atom is 0.271 e. The van der Waals surface area contributed by atoms with Gasteiger partial charge >= 0.3 is 0 Å². The van der Waals surface area contributed by atoms with Crippen LogP contribution in [0.4, 0.5) is 11.4 Å². The van der Waals surface area contributed by atoms with E-state index in [2.05, 4.69) is 0 Å². The first-order valence-corrected chi connectivity index (χ1v) is 12.0. The summed E-state index contributed by atoms with van der Waals surface area (Å²) in [5.74, 6) is 0.232. The summed E-state index contributed by atoms with van der Waals surface area (Å²) in [7, 11) is 0. The number of benzene rings is 3. The molecule has 4 rings (SSSR count). The highest BCUT2D eigenvalue weighted by molar-refractivity contribution is 8.19. The third kappa shape index (κ3) is 4.46. The molecule has 0 spiro atoms. The molecule has 174 valence electrons. The van der Waals surface area contributed by atoms with E-state index < -0.39 is 0 Å². The number of carbonyl (C=O) groups is 1. The van der Waals surface area contributed by atoms with E-state index in [1.165, 1.54) is 11.8 Å². The van der Waals surface area contributed by atoms with Crippen molar-refractivity contribution in [2.45, 2.75) is 34.6 Å². The van der Waals surface area contributed by atoms with E-state index in [1.807, 2.05) is 71.0 Å². The molecule has 6 heteroatoms. The van der Waals surface area contributed by atoms with E-state index in [9.17, 15) is 9.90 Å². The summed E-state index contributed by atoms with van der Waals surface area (Å²) in [6, 6.07) is 17.2. The summed E-state index contributed by atoms with van der Waals surface area (Å²) in [5.41, 5.74) is 6.49. The van der Waals surface area contributed by atoms with Crippen molar-refractivity contribution >= 4 is 40.3 Å². The molecular formula is C28H28N2O3S. The van der Waals surface area contributed by atoms with Crippen molar-refractivity contribution in [3.8, 4) is 11.5 Å². The van der Waals surface area contributed by atoms with Gasteiger partial charge in [-0.15, -0.1) is 0 Å². The molecule has 1 N–H and O–H groups in total. The van der Waals surface area contributed by atoms with Crippen LogP contribution in [0, 0.1) is 27.7 Å². The van der Waals surface area contributed by atoms with Gasteiger partial charge in [0.05, 0.1) is 22.9 Å². The number of aliphatic imine (C=N–C) groups is 1. The number of para-hydroxylation sites is 1. The third-order valence-electron chi connectivity index (χ3n) is 6.03. The minimum absolute atomic E-state index is 0.0171. The summed E-state index contributed by atoms with van der Waals surface area (Å²) >= 11 is 1.30. The third-order valence-corrected chi connectivity index (χ3v) is 7.00. The molecule has 1 heterocycles. The SMILES string of the molecule is CCOc1cccc(C=C2SC(=Nc3cccc(C)c3C)N(c3cccc(C)c3C)C2=O)c1O. The van der Waals surface area contributed by atoms with Crippen LogP contribution in [0.3, 0.4) is 0 Å². The van der Waals surface area contributed by atoms with Crippen LogP contribution in [0.2, 0.25) is 0 Å². The van der Waals surface area contributed by atoms with Gasteiger partial charge in [0, 0.05) is 5.56 Å². The number of hydrogen-bond donors (Lipinski definition) is 1. The maximum absolute atomic E-state index is 13.7. The van der Waals surface area contributed by atoms with E-state index in [1.54, 1.807) is 29.2 Å². The number of thioether (sulfide) groups is 1. The van der Waals surface area contributed by atoms with Crippen LogP contribution in [0.1, 0.15) is 34.7 Å². The number of nitrogens with zero attached hydrogens (tertiary/aromatic N) is 2. The Morgan fingerprint density at radius 1 is 0.971 bits per heavy atom. The molecule has 0 bridgehead atoms. The molecule has 0 aromatic heterocycles. The topological polar surface area (TPSA) is 62.1 Å². The highest BCUT2D eigenvalue weighted by Gasteiger charge is 2.36. The molecule has 0 saturated carbocycles. The lowest BCUT2D eigenvalue weighted by molar-refractivity contribution is -0.113. The van der Waals surface area contributed by atoms with Gasteiger partial charge in [0.1, 0.15) is 0 Å². The number of amidine groups is 1. The lowest BCUT2D eigenvalue weighted by atomic mass is 10.1. The fourth-order valence-corrected chi connectivity index (χ4v) is 4.75. The van der Waals surface area contributed by atoms with Crippen LogP contribution in [0.15, 0.2) is 64.5 Å². The largest absolute Gasteiger partial charge is 0.504 e. The number of carbonyl (C=O) groups excluding carboxylic acids is 1. The summed E-state index contributed by atoms with van der Waals surface area (Å²) < 4.78 is 5.51. The molecule has 0 radical (unpaired) electrons. The lowest BCUT2D eigenvalue weighted by Crippen LogP contribution is -2.29. The normalized spacial score (nSPS) is 16.0. The van der Waals surface area contributed by atoms with Gasteiger partial charge in [0.2, 0.25) is 0 Å². The molecule has 0 atom stereocenters. The van der Waals surface area contributed by atoms with Gasteiger partial charge in [-0.25, -0.2) is 4.99 Å². The first-order valence-electron chi connectivity index (χ1n) is 11.2. The molecule has 0 aliphatic carbocycles. The summed E-state index contributed by atoms with van der Waals surface area (Å²) in [6.45, 7) is 10.4. The fraction of sp³-hybridized carbons (Fsp3) is 0.214. The molecule has 1 saturated heterocycles. The monoisotopic (exact) mass is 472 g/mol. The Morgan fingerprint density at radius 3 is 2.38 bits per heavy atom. The van der Waals surface area contributed by atoms with Crippen LogP contribution in [0.5, 0.6) is 11.5 Å². The average molecular weight is 473 g/mol. The minimum atomic E-state index is -0.177. The molecule has 5 nitrogen and oxygen atoms in total. The molecule has 1 fully saturated rings. The quantitative estimate of drug-likeness (QED) is 0.413. The standard InChI is InChI=1S/C28H28N2O3S/c1-6-33-24-15-9-12-21(26(24)31)16-25-27(32)30(23-14-8-11-18(3)20(23)5)28(34-25)29-22-13-7-10-17(2)19(22)4/h7-16,31H,6H2,1-5H3. The molecule has 0 unspecified atom stereocenters. The number of aromatic hydroxyl groups is 1. The highest BCUT2D eigenvalue weighted by atomic mass is 32.2. The highest BCUT2D eigenvalue weighted by Crippen LogP contribution is 2.41. The number of phenolic OH excluding ortho intramolecular Hbond substituents is 1. The van der Waals surface area contributed by atoms with Crippen molar-refractivity contribution in [2.24, 2.45) is 4.99 Å². The second kappa shape index (κ2) is 9.77. The molecule has 1 aliphatic rings. The first-order chi connectivity index (χ1) is 16.3. The van der Waals surface area contributed by atoms with Gasteiger partial charge in [-0.3, -0.25) is 9.69 Å². The number of amides is 1. The number of anilines is 1. The summed E-state index contributed by atoms with van der Waals surface area (Å²) in [5, 5.41) is 11.2. The Bertz CT molecular complexity index is 1330. The Hall–Kier alpha value is -3.51. The second-order valence-electron chi connectivity index (χ2n) is 8.21. The average Bonchev–Trinajstić information content (AvgIpc) is 3.11. The van der Waals surface area contributed by atoms with Crippen LogP contribution in [-0.4, -0.2) is 22.8 Å². The number of hydrogen-bond acceptors (Lipinski definition) is 5. The van der Waals surface area contributed by atoms with Gasteiger partial charge < -0.3 is 9.84 Å². The zero-order valence-corrected chi connectivity index (χ0v) is 20.9. The van der Waals surface area contributed by atoms with Crippen molar-refractivity contribution in [3.63, 3.8) is 0 Å². The number of ether oxygens (including phenoxy) is 1. The number of rotatable bonds is 5. The van der Waals surface area contributed by atoms with Crippen LogP contribution in [0.25, 0.3) is 6.08 Å². The summed E-state index contributed by atoms with van der Waals surface area (Å²) in [4.78, 5) is 20.8. The molecule has 1 amide bonds. The Balaban J connectivity index is 1.85. The number of aryl methyl sites for hydroxylation is 2. The van der Waals surface area contributed by atoms with Crippen molar-refractivity contribution in [1.82, 2.24) is 0 Å². The molecule has 3 aromatic carbocycles. The maximum atomic E-state index is 13.7. The van der Waals surface area contributed by atoms with Crippen molar-refractivity contribution in [1.29, 1.82) is 0 Å². The van der Waals surface area contributed by atoms with Crippen LogP contribution in [-0.2, 0) is 4.79 Å². The second-order valence-corrected chi connectivity index (χ2v) is 9.22. The van der Waals surface area contributed by atoms with Gasteiger partial charge in [-0.2, -0.15) is 0 Å². The van der Waals surface area contributed by atoms with E-state index in [4.69, 9.17) is 9.73 Å². The predicted molar refractivity (Wildman–Crippen MR) is 141 cm³/mol. The summed E-state index contributed by atoms with van der Waals surface area (Å²) in [6.07, 6.45) is 1.70. The lowest BCUT2D eigenvalue weighted by Gasteiger charge is -2.19. The smallest absolute Gasteiger partial charge is 0.271 e. The van der Waals surface area contributed by atoms with Crippen molar-refractivity contribution in [2.75, 3.05) is 11.5 Å². The van der Waals surface area contributed by atoms with Crippen LogP contribution >= 0.6 is 11.8 Å². The van der Waals surface area contributed by atoms with Crippen LogP contribution < -0.4 is 9.64 Å². The van der Waals surface area contributed by atoms with E-state index >= 15 is 0 Å². The Morgan fingerprint density at radius 2 is 1.65 bits per heavy atom. The fourth-order valence-electron chi connectivity index (χ4n) is 3.77. The molecule has 3 aromatic rings. The van der Waals surface area contributed by atoms with Crippen molar-refractivity contribution < 1.29 is 14.6 Å². The Labute approximate surface area is 204 Å². The van der Waals surface area contributed by atoms with E-state index in [0.29, 0.717) is 28.0 Å². The number of phenols is 1. The van der Waals surface area contributed by atoms with Gasteiger partial charge in [-0.1, -0.05) is 36.4 Å². The van der Waals surface area contributed by atoms with Crippen molar-refractivity contribution in [3.05, 3.63) is 87.3 Å². The van der Waals surface area contributed by atoms with Gasteiger partial charge in [0.25, 0.3) is 5.91 Å². The Kier molecular flexibility index (Phi) is 6.80. The van der Waals surface area contributed by atoms with Gasteiger partial charge in [-0.05, 0) is 92.9 Å². The minimum Gasteiger partial charge on any atom is -0.504 e.